The van der Waals surface area contributed by atoms with Crippen molar-refractivity contribution in [1.29, 1.82) is 0 Å². The number of carboxylic acids is 1. The van der Waals surface area contributed by atoms with Gasteiger partial charge in [0.2, 0.25) is 0 Å². The summed E-state index contributed by atoms with van der Waals surface area (Å²) in [6.07, 6.45) is 0.342. The van der Waals surface area contributed by atoms with Crippen LogP contribution in [0.25, 0.3) is 0 Å². The van der Waals surface area contributed by atoms with Crippen LogP contribution in [0, 0.1) is 0 Å². The molecule has 1 rings (SSSR count). The van der Waals surface area contributed by atoms with E-state index in [1.807, 2.05) is 0 Å². The predicted octanol–water partition coefficient (Wildman–Crippen LogP) is 0.512. The maximum atomic E-state index is 12.0. The van der Waals surface area contributed by atoms with E-state index in [0.717, 1.165) is 0 Å². The van der Waals surface area contributed by atoms with Crippen molar-refractivity contribution in [1.82, 2.24) is 5.32 Å². The first kappa shape index (κ1) is 15.1. The molecule has 1 amide bonds. The highest BCUT2D eigenvalue weighted by Gasteiger charge is 2.18. The van der Waals surface area contributed by atoms with E-state index in [1.54, 1.807) is 12.1 Å². The van der Waals surface area contributed by atoms with Gasteiger partial charge in [-0.05, 0) is 18.6 Å². The predicted molar refractivity (Wildman–Crippen MR) is 68.2 cm³/mol. The summed E-state index contributed by atoms with van der Waals surface area (Å²) in [6, 6.07) is 5.61. The molecule has 0 heterocycles. The number of ether oxygens (including phenoxy) is 1. The number of aliphatic hydroxyl groups excluding tert-OH is 1. The van der Waals surface area contributed by atoms with Gasteiger partial charge in [0.1, 0.15) is 0 Å². The van der Waals surface area contributed by atoms with Crippen molar-refractivity contribution in [3.8, 4) is 0 Å². The number of rotatable bonds is 7. The highest BCUT2D eigenvalue weighted by molar-refractivity contribution is 6.04. The largest absolute Gasteiger partial charge is 0.478 e. The number of amides is 1. The number of carbonyl (C=O) groups is 2. The van der Waals surface area contributed by atoms with Crippen molar-refractivity contribution in [2.24, 2.45) is 0 Å². The second kappa shape index (κ2) is 7.50. The number of benzene rings is 1. The maximum absolute atomic E-state index is 12.0. The van der Waals surface area contributed by atoms with Crippen LogP contribution in [0.3, 0.4) is 0 Å². The minimum absolute atomic E-state index is 0.0554. The molecule has 1 aromatic carbocycles. The molecule has 1 unspecified atom stereocenters. The minimum Gasteiger partial charge on any atom is -0.478 e. The summed E-state index contributed by atoms with van der Waals surface area (Å²) in [5, 5.41) is 20.5. The molecular weight excluding hydrogens is 250 g/mol. The normalized spacial score (nSPS) is 11.9. The Bertz CT molecular complexity index is 440. The Kier molecular flexibility index (Phi) is 5.98. The molecule has 1 aromatic rings. The van der Waals surface area contributed by atoms with E-state index in [0.29, 0.717) is 6.42 Å². The molecule has 0 aliphatic heterocycles. The van der Waals surface area contributed by atoms with Gasteiger partial charge in [0.05, 0.1) is 23.8 Å². The molecule has 0 aliphatic carbocycles. The summed E-state index contributed by atoms with van der Waals surface area (Å²) in [5.74, 6) is -1.65. The Hall–Kier alpha value is -1.92. The molecule has 1 atom stereocenters. The van der Waals surface area contributed by atoms with E-state index in [-0.39, 0.29) is 30.4 Å². The fourth-order valence-corrected chi connectivity index (χ4v) is 1.68. The van der Waals surface area contributed by atoms with Gasteiger partial charge in [0, 0.05) is 13.7 Å². The Morgan fingerprint density at radius 2 is 1.95 bits per heavy atom. The number of hydrogen-bond acceptors (Lipinski definition) is 4. The number of aliphatic hydroxyl groups is 1. The summed E-state index contributed by atoms with van der Waals surface area (Å²) in [4.78, 5) is 23.0. The SMILES string of the molecule is COCC(CCO)NC(=O)c1ccccc1C(=O)O. The second-order valence-corrected chi connectivity index (χ2v) is 3.99. The topological polar surface area (TPSA) is 95.9 Å². The van der Waals surface area contributed by atoms with Crippen LogP contribution in [-0.4, -0.2) is 48.5 Å². The summed E-state index contributed by atoms with van der Waals surface area (Å²) in [6.45, 7) is 0.163. The van der Waals surface area contributed by atoms with Gasteiger partial charge in [-0.15, -0.1) is 0 Å². The minimum atomic E-state index is -1.16. The standard InChI is InChI=1S/C13H17NO5/c1-19-8-9(6-7-15)14-12(16)10-4-2-3-5-11(10)13(17)18/h2-5,9,15H,6-8H2,1H3,(H,14,16)(H,17,18). The van der Waals surface area contributed by atoms with Crippen molar-refractivity contribution < 1.29 is 24.5 Å². The smallest absolute Gasteiger partial charge is 0.336 e. The van der Waals surface area contributed by atoms with Crippen LogP contribution in [0.5, 0.6) is 0 Å². The number of carboxylic acid groups (broad SMARTS) is 1. The average molecular weight is 267 g/mol. The number of carbonyl (C=O) groups excluding carboxylic acids is 1. The highest BCUT2D eigenvalue weighted by Crippen LogP contribution is 2.09. The van der Waals surface area contributed by atoms with Crippen molar-refractivity contribution in [3.63, 3.8) is 0 Å². The van der Waals surface area contributed by atoms with Crippen molar-refractivity contribution in [3.05, 3.63) is 35.4 Å². The Labute approximate surface area is 111 Å². The third-order valence-electron chi connectivity index (χ3n) is 2.58. The monoisotopic (exact) mass is 267 g/mol. The fraction of sp³-hybridized carbons (Fsp3) is 0.385. The molecule has 0 saturated heterocycles. The Balaban J connectivity index is 2.85. The lowest BCUT2D eigenvalue weighted by atomic mass is 10.1. The lowest BCUT2D eigenvalue weighted by molar-refractivity contribution is 0.0689. The van der Waals surface area contributed by atoms with Crippen LogP contribution in [0.2, 0.25) is 0 Å². The van der Waals surface area contributed by atoms with Gasteiger partial charge in [-0.2, -0.15) is 0 Å². The van der Waals surface area contributed by atoms with Crippen molar-refractivity contribution >= 4 is 11.9 Å². The third-order valence-corrected chi connectivity index (χ3v) is 2.58. The first-order chi connectivity index (χ1) is 9.10. The molecule has 0 radical (unpaired) electrons. The van der Waals surface area contributed by atoms with Gasteiger partial charge in [-0.25, -0.2) is 4.79 Å². The summed E-state index contributed by atoms with van der Waals surface area (Å²) in [7, 11) is 1.49. The quantitative estimate of drug-likeness (QED) is 0.669. The van der Waals surface area contributed by atoms with E-state index in [9.17, 15) is 9.59 Å². The molecular formula is C13H17NO5. The van der Waals surface area contributed by atoms with E-state index >= 15 is 0 Å². The van der Waals surface area contributed by atoms with E-state index < -0.39 is 11.9 Å². The molecule has 6 heteroatoms. The number of methoxy groups -OCH3 is 1. The van der Waals surface area contributed by atoms with E-state index in [4.69, 9.17) is 14.9 Å². The van der Waals surface area contributed by atoms with Crippen molar-refractivity contribution in [2.75, 3.05) is 20.3 Å². The Morgan fingerprint density at radius 3 is 2.47 bits per heavy atom. The molecule has 0 bridgehead atoms. The zero-order valence-electron chi connectivity index (χ0n) is 10.6. The van der Waals surface area contributed by atoms with Crippen molar-refractivity contribution in [2.45, 2.75) is 12.5 Å². The summed E-state index contributed by atoms with van der Waals surface area (Å²) >= 11 is 0. The lowest BCUT2D eigenvalue weighted by Gasteiger charge is -2.17. The molecule has 0 spiro atoms. The number of nitrogens with one attached hydrogen (secondary N) is 1. The van der Waals surface area contributed by atoms with E-state index in [2.05, 4.69) is 5.32 Å². The van der Waals surface area contributed by atoms with Gasteiger partial charge in [0.25, 0.3) is 5.91 Å². The maximum Gasteiger partial charge on any atom is 0.336 e. The van der Waals surface area contributed by atoms with Gasteiger partial charge >= 0.3 is 5.97 Å². The molecule has 6 nitrogen and oxygen atoms in total. The van der Waals surface area contributed by atoms with Crippen LogP contribution < -0.4 is 5.32 Å². The first-order valence-electron chi connectivity index (χ1n) is 5.83. The highest BCUT2D eigenvalue weighted by atomic mass is 16.5. The number of hydrogen-bond donors (Lipinski definition) is 3. The van der Waals surface area contributed by atoms with Gasteiger partial charge in [-0.1, -0.05) is 12.1 Å². The summed E-state index contributed by atoms with van der Waals surface area (Å²) in [5.41, 5.74) is 0.0363. The molecule has 0 aliphatic rings. The van der Waals surface area contributed by atoms with Crippen LogP contribution in [0.15, 0.2) is 24.3 Å². The van der Waals surface area contributed by atoms with Gasteiger partial charge in [0.15, 0.2) is 0 Å². The zero-order chi connectivity index (χ0) is 14.3. The zero-order valence-corrected chi connectivity index (χ0v) is 10.6. The van der Waals surface area contributed by atoms with E-state index in [1.165, 1.54) is 19.2 Å². The van der Waals surface area contributed by atoms with Crippen LogP contribution in [-0.2, 0) is 4.74 Å². The molecule has 0 aromatic heterocycles. The first-order valence-corrected chi connectivity index (χ1v) is 5.83. The summed E-state index contributed by atoms with van der Waals surface area (Å²) < 4.78 is 4.93. The molecule has 3 N–H and O–H groups in total. The average Bonchev–Trinajstić information content (AvgIpc) is 2.39. The molecule has 104 valence electrons. The van der Waals surface area contributed by atoms with Gasteiger partial charge < -0.3 is 20.3 Å². The Morgan fingerprint density at radius 1 is 1.32 bits per heavy atom. The van der Waals surface area contributed by atoms with Gasteiger partial charge in [-0.3, -0.25) is 4.79 Å². The van der Waals surface area contributed by atoms with Crippen LogP contribution in [0.4, 0.5) is 0 Å². The third kappa shape index (κ3) is 4.35. The van der Waals surface area contributed by atoms with Crippen LogP contribution in [0.1, 0.15) is 27.1 Å². The molecule has 19 heavy (non-hydrogen) atoms. The molecule has 0 saturated carbocycles. The lowest BCUT2D eigenvalue weighted by Crippen LogP contribution is -2.39. The fourth-order valence-electron chi connectivity index (χ4n) is 1.68. The number of aromatic carboxylic acids is 1. The second-order valence-electron chi connectivity index (χ2n) is 3.99. The van der Waals surface area contributed by atoms with Crippen LogP contribution >= 0.6 is 0 Å². The molecule has 0 fully saturated rings.